The van der Waals surface area contributed by atoms with E-state index in [2.05, 4.69) is 15.4 Å². The van der Waals surface area contributed by atoms with E-state index in [1.807, 2.05) is 0 Å². The molecule has 5 rings (SSSR count). The van der Waals surface area contributed by atoms with E-state index < -0.39 is 45.7 Å². The molecule has 2 aliphatic rings. The van der Waals surface area contributed by atoms with E-state index in [1.165, 1.54) is 4.98 Å². The van der Waals surface area contributed by atoms with Crippen LogP contribution in [0.15, 0.2) is 34.0 Å². The number of carbonyl (C=O) groups is 1. The fraction of sp³-hybridized carbons (Fsp3) is 0.348. The van der Waals surface area contributed by atoms with Crippen LogP contribution in [-0.4, -0.2) is 51.6 Å². The summed E-state index contributed by atoms with van der Waals surface area (Å²) >= 11 is 9.60. The van der Waals surface area contributed by atoms with Crippen molar-refractivity contribution in [1.29, 1.82) is 0 Å². The molecule has 1 amide bonds. The first-order chi connectivity index (χ1) is 19.7. The zero-order valence-electron chi connectivity index (χ0n) is 20.9. The molecule has 19 heteroatoms. The molecule has 2 heterocycles. The van der Waals surface area contributed by atoms with E-state index in [9.17, 15) is 41.4 Å². The molecule has 0 aliphatic heterocycles. The van der Waals surface area contributed by atoms with Crippen molar-refractivity contribution >= 4 is 46.1 Å². The van der Waals surface area contributed by atoms with Gasteiger partial charge in [-0.2, -0.15) is 23.0 Å². The van der Waals surface area contributed by atoms with Crippen molar-refractivity contribution in [2.75, 3.05) is 10.8 Å². The number of hydrogen-bond acceptors (Lipinski definition) is 9. The van der Waals surface area contributed by atoms with E-state index in [-0.39, 0.29) is 56.1 Å². The number of H-pyrrole nitrogens is 1. The van der Waals surface area contributed by atoms with Gasteiger partial charge in [0.15, 0.2) is 11.5 Å². The smallest absolute Gasteiger partial charge is 0.440 e. The summed E-state index contributed by atoms with van der Waals surface area (Å²) < 4.78 is 70.8. The number of aromatic amines is 1. The van der Waals surface area contributed by atoms with Crippen molar-refractivity contribution in [3.63, 3.8) is 0 Å². The van der Waals surface area contributed by atoms with E-state index >= 15 is 0 Å². The number of anilines is 1. The van der Waals surface area contributed by atoms with Gasteiger partial charge in [0.2, 0.25) is 17.5 Å². The van der Waals surface area contributed by atoms with E-state index in [0.29, 0.717) is 12.8 Å². The number of aromatic hydroxyl groups is 1. The minimum atomic E-state index is -5.16. The number of aromatic nitrogens is 4. The summed E-state index contributed by atoms with van der Waals surface area (Å²) in [6.07, 6.45) is -1.91. The molecule has 224 valence electrons. The summed E-state index contributed by atoms with van der Waals surface area (Å²) in [5.41, 5.74) is -6.49. The van der Waals surface area contributed by atoms with Gasteiger partial charge in [0.1, 0.15) is 0 Å². The van der Waals surface area contributed by atoms with Gasteiger partial charge in [0.05, 0.1) is 33.2 Å². The molecular formula is C23H18Cl2F3N6O7S-. The van der Waals surface area contributed by atoms with Crippen LogP contribution in [0.4, 0.5) is 18.9 Å². The summed E-state index contributed by atoms with van der Waals surface area (Å²) in [5.74, 6) is -1.35. The molecule has 3 N–H and O–H groups in total. The van der Waals surface area contributed by atoms with Crippen molar-refractivity contribution < 1.29 is 36.6 Å². The highest BCUT2D eigenvalue weighted by Crippen LogP contribution is 2.48. The lowest BCUT2D eigenvalue weighted by Crippen LogP contribution is -2.47. The molecule has 1 aromatic carbocycles. The van der Waals surface area contributed by atoms with Gasteiger partial charge in [-0.25, -0.2) is 9.78 Å². The second-order valence-corrected chi connectivity index (χ2v) is 11.2. The SMILES string of the molecule is O=C(NCC1(N(c2cc(Oc3c(Cl)cc(-n4nc(C(F)(F)F)c(=O)[nH]c4=O)cc3Cl)ncc2O)S(=O)[O-])CC1)C1CC1. The van der Waals surface area contributed by atoms with Gasteiger partial charge in [-0.05, 0) is 37.8 Å². The van der Waals surface area contributed by atoms with Crippen LogP contribution < -0.4 is 25.6 Å². The molecule has 2 aliphatic carbocycles. The summed E-state index contributed by atoms with van der Waals surface area (Å²) in [6, 6.07) is 3.06. The average molecular weight is 650 g/mol. The van der Waals surface area contributed by atoms with Gasteiger partial charge < -0.3 is 19.7 Å². The van der Waals surface area contributed by atoms with Crippen LogP contribution >= 0.6 is 23.2 Å². The number of halogens is 5. The molecular weight excluding hydrogens is 632 g/mol. The number of pyridine rings is 1. The van der Waals surface area contributed by atoms with E-state index in [0.717, 1.165) is 41.5 Å². The molecule has 0 saturated heterocycles. The molecule has 0 radical (unpaired) electrons. The highest BCUT2D eigenvalue weighted by Gasteiger charge is 2.50. The first-order valence-electron chi connectivity index (χ1n) is 12.0. The minimum Gasteiger partial charge on any atom is -0.755 e. The van der Waals surface area contributed by atoms with Crippen molar-refractivity contribution in [3.05, 3.63) is 61.0 Å². The number of nitrogens with zero attached hydrogens (tertiary/aromatic N) is 4. The molecule has 0 bridgehead atoms. The number of benzene rings is 1. The Morgan fingerprint density at radius 1 is 1.26 bits per heavy atom. The molecule has 3 aromatic rings. The third kappa shape index (κ3) is 5.95. The third-order valence-electron chi connectivity index (χ3n) is 6.53. The van der Waals surface area contributed by atoms with Crippen molar-refractivity contribution in [3.8, 4) is 23.1 Å². The number of rotatable bonds is 9. The number of nitrogens with one attached hydrogen (secondary N) is 2. The molecule has 2 aromatic heterocycles. The molecule has 1 atom stereocenters. The Kier molecular flexibility index (Phi) is 7.71. The fourth-order valence-corrected chi connectivity index (χ4v) is 5.52. The fourth-order valence-electron chi connectivity index (χ4n) is 4.10. The Hall–Kier alpha value is -3.67. The highest BCUT2D eigenvalue weighted by atomic mass is 35.5. The largest absolute Gasteiger partial charge is 0.755 e. The van der Waals surface area contributed by atoms with Crippen LogP contribution in [0, 0.1) is 5.92 Å². The first kappa shape index (κ1) is 29.8. The normalized spacial score (nSPS) is 16.5. The minimum absolute atomic E-state index is 0.0155. The number of hydrogen-bond donors (Lipinski definition) is 3. The maximum Gasteiger partial charge on any atom is 0.440 e. The van der Waals surface area contributed by atoms with Crippen LogP contribution in [0.25, 0.3) is 5.69 Å². The molecule has 42 heavy (non-hydrogen) atoms. The van der Waals surface area contributed by atoms with Crippen molar-refractivity contribution in [1.82, 2.24) is 25.1 Å². The third-order valence-corrected chi connectivity index (χ3v) is 7.98. The van der Waals surface area contributed by atoms with Gasteiger partial charge in [0, 0.05) is 29.8 Å². The lowest BCUT2D eigenvalue weighted by Gasteiger charge is -2.35. The number of alkyl halides is 3. The number of ether oxygens (including phenoxy) is 1. The summed E-state index contributed by atoms with van der Waals surface area (Å²) in [7, 11) is 0. The van der Waals surface area contributed by atoms with E-state index in [4.69, 9.17) is 27.9 Å². The molecule has 13 nitrogen and oxygen atoms in total. The summed E-state index contributed by atoms with van der Waals surface area (Å²) in [6.45, 7) is 0.0155. The second-order valence-electron chi connectivity index (χ2n) is 9.60. The predicted molar refractivity (Wildman–Crippen MR) is 141 cm³/mol. The molecule has 2 saturated carbocycles. The second kappa shape index (κ2) is 10.9. The van der Waals surface area contributed by atoms with Crippen LogP contribution in [0.3, 0.4) is 0 Å². The Labute approximate surface area is 245 Å². The van der Waals surface area contributed by atoms with Gasteiger partial charge in [-0.1, -0.05) is 23.2 Å². The number of amides is 1. The average Bonchev–Trinajstić information content (AvgIpc) is 3.81. The zero-order valence-corrected chi connectivity index (χ0v) is 23.2. The summed E-state index contributed by atoms with van der Waals surface area (Å²) in [4.78, 5) is 41.3. The van der Waals surface area contributed by atoms with Crippen LogP contribution in [-0.2, 0) is 22.2 Å². The predicted octanol–water partition coefficient (Wildman–Crippen LogP) is 2.80. The molecule has 0 spiro atoms. The Morgan fingerprint density at radius 3 is 2.45 bits per heavy atom. The lowest BCUT2D eigenvalue weighted by atomic mass is 10.2. The Balaban J connectivity index is 1.44. The summed E-state index contributed by atoms with van der Waals surface area (Å²) in [5, 5.41) is 15.6. The van der Waals surface area contributed by atoms with Gasteiger partial charge in [0.25, 0.3) is 5.56 Å². The van der Waals surface area contributed by atoms with Gasteiger partial charge in [-0.3, -0.25) is 23.1 Å². The van der Waals surface area contributed by atoms with Crippen LogP contribution in [0.5, 0.6) is 17.4 Å². The molecule has 2 fully saturated rings. The van der Waals surface area contributed by atoms with Crippen molar-refractivity contribution in [2.45, 2.75) is 37.4 Å². The standard InChI is InChI=1S/C23H19Cl2F3N6O7S/c24-12-5-11(33-21(38)31-20(37)18(32-33)23(26,27)28)6-13(25)17(12)41-16-7-14(15(35)8-29-16)34(42(39)40)22(3-4-22)9-30-19(36)10-1-2-10/h5-8,10,35H,1-4,9H2,(H,30,36)(H,39,40)(H,31,37,38)/p-1. The maximum absolute atomic E-state index is 13.1. The maximum atomic E-state index is 13.1. The van der Waals surface area contributed by atoms with Crippen LogP contribution in [0.1, 0.15) is 31.4 Å². The topological polar surface area (TPSA) is 183 Å². The highest BCUT2D eigenvalue weighted by molar-refractivity contribution is 7.80. The monoisotopic (exact) mass is 649 g/mol. The molecule has 1 unspecified atom stereocenters. The van der Waals surface area contributed by atoms with E-state index in [1.54, 1.807) is 0 Å². The zero-order chi connectivity index (χ0) is 30.6. The van der Waals surface area contributed by atoms with Crippen molar-refractivity contribution in [2.24, 2.45) is 5.92 Å². The van der Waals surface area contributed by atoms with Gasteiger partial charge >= 0.3 is 11.9 Å². The lowest BCUT2D eigenvalue weighted by molar-refractivity contribution is -0.143. The Morgan fingerprint density at radius 2 is 1.90 bits per heavy atom. The van der Waals surface area contributed by atoms with Gasteiger partial charge in [-0.15, -0.1) is 0 Å². The van der Waals surface area contributed by atoms with Crippen LogP contribution in [0.2, 0.25) is 10.0 Å². The number of carbonyl (C=O) groups excluding carboxylic acids is 1. The Bertz CT molecular complexity index is 1700. The quantitative estimate of drug-likeness (QED) is 0.293. The first-order valence-corrected chi connectivity index (χ1v) is 13.8.